The van der Waals surface area contributed by atoms with Crippen molar-refractivity contribution in [3.63, 3.8) is 0 Å². The van der Waals surface area contributed by atoms with E-state index in [1.165, 1.54) is 48.5 Å². The van der Waals surface area contributed by atoms with Gasteiger partial charge >= 0.3 is 7.13 Å². The summed E-state index contributed by atoms with van der Waals surface area (Å²) in [6.07, 6.45) is 1.80. The van der Waals surface area contributed by atoms with Crippen LogP contribution >= 0.6 is 0 Å². The van der Waals surface area contributed by atoms with Gasteiger partial charge in [-0.25, -0.2) is 0 Å². The number of nitrogens with one attached hydrogen (secondary N) is 2. The number of aromatic hydroxyl groups is 4. The molecule has 6 aromatic rings. The SMILES string of the molecule is Cc1ccc(O)c(N=Nc2ccc3c(c2)C(=O)/C(=N/Nc2cc([N+](=O)[O-])cc(S(=O)(=O)O)c2O)C(S(=O)(=O)O)=C3)c1.Cc1ccc(O)c(N=Nc2ccc3c(c2)C(=O)C(=NNc2cc([N+](=O)[O-])cc(S(=O)(=O)O)c2O)C(S(=O)(=O)O)=C3)c1.[Cr].[H+].[H+].[H+].[H+].[H+]. The molecule has 0 aliphatic heterocycles. The molecule has 10 N–H and O–H groups in total. The van der Waals surface area contributed by atoms with Gasteiger partial charge in [-0.15, -0.1) is 10.2 Å². The summed E-state index contributed by atoms with van der Waals surface area (Å²) in [7, 11) is -20.5. The second-order valence-electron chi connectivity index (χ2n) is 16.8. The molecule has 0 saturated carbocycles. The molecule has 0 radical (unpaired) electrons. The molecular formula is C46H39CrN10O22S4+5. The first-order valence-electron chi connectivity index (χ1n) is 22.0. The van der Waals surface area contributed by atoms with Gasteiger partial charge in [0.2, 0.25) is 11.6 Å². The fourth-order valence-corrected chi connectivity index (χ4v) is 9.77. The molecule has 0 fully saturated rings. The molecule has 0 aromatic heterocycles. The monoisotopic (exact) mass is 1260 g/mol. The summed E-state index contributed by atoms with van der Waals surface area (Å²) in [5.41, 5.74) is 0.422. The van der Waals surface area contributed by atoms with Crippen molar-refractivity contribution in [3.05, 3.63) is 160 Å². The first kappa shape index (κ1) is 62.6. The maximum absolute atomic E-state index is 13.3. The molecule has 32 nitrogen and oxygen atoms in total. The largest absolute Gasteiger partial charge is 1.00 e. The molecule has 2 aliphatic carbocycles. The second kappa shape index (κ2) is 23.9. The number of nitrogens with zero attached hydrogens (tertiary/aromatic N) is 8. The first-order chi connectivity index (χ1) is 38.1. The Kier molecular flexibility index (Phi) is 18.0. The number of anilines is 2. The predicted molar refractivity (Wildman–Crippen MR) is 291 cm³/mol. The fourth-order valence-electron chi connectivity index (χ4n) is 7.20. The van der Waals surface area contributed by atoms with E-state index in [1.54, 1.807) is 38.1 Å². The Labute approximate surface area is 483 Å². The van der Waals surface area contributed by atoms with Crippen LogP contribution in [0, 0.1) is 34.1 Å². The quantitative estimate of drug-likeness (QED) is 0.0161. The van der Waals surface area contributed by atoms with E-state index in [2.05, 4.69) is 30.7 Å². The Morgan fingerprint density at radius 1 is 0.482 bits per heavy atom. The Balaban J connectivity index is 0.000000824. The fraction of sp³-hybridized carbons (Fsp3) is 0.0435. The zero-order valence-corrected chi connectivity index (χ0v) is 45.8. The number of rotatable bonds is 14. The van der Waals surface area contributed by atoms with E-state index in [4.69, 9.17) is 0 Å². The van der Waals surface area contributed by atoms with Gasteiger partial charge in [0, 0.05) is 52.8 Å². The van der Waals surface area contributed by atoms with Gasteiger partial charge in [-0.05, 0) is 96.8 Å². The van der Waals surface area contributed by atoms with Crippen LogP contribution in [0.25, 0.3) is 12.2 Å². The zero-order valence-electron chi connectivity index (χ0n) is 46.3. The first-order valence-corrected chi connectivity index (χ1v) is 27.7. The molecule has 0 saturated heterocycles. The van der Waals surface area contributed by atoms with Crippen molar-refractivity contribution >= 4 is 121 Å². The van der Waals surface area contributed by atoms with Gasteiger partial charge in [0.05, 0.1) is 21.2 Å². The van der Waals surface area contributed by atoms with Crippen LogP contribution in [-0.4, -0.2) is 105 Å². The topological polar surface area (TPSA) is 517 Å². The Hall–Kier alpha value is -9.55. The number of hydrogen-bond donors (Lipinski definition) is 10. The van der Waals surface area contributed by atoms with E-state index in [0.29, 0.717) is 24.3 Å². The van der Waals surface area contributed by atoms with Gasteiger partial charge in [-0.2, -0.15) is 54.1 Å². The number of fused-ring (bicyclic) bond motifs is 2. The Morgan fingerprint density at radius 3 is 1.14 bits per heavy atom. The number of aryl methyl sites for hydroxylation is 2. The summed E-state index contributed by atoms with van der Waals surface area (Å²) < 4.78 is 133. The number of ketones is 2. The molecule has 430 valence electrons. The van der Waals surface area contributed by atoms with Crippen molar-refractivity contribution in [1.29, 1.82) is 0 Å². The minimum absolute atomic E-state index is 0. The number of non-ortho nitro benzene ring substituents is 2. The van der Waals surface area contributed by atoms with Crippen LogP contribution in [0.4, 0.5) is 45.5 Å². The second-order valence-corrected chi connectivity index (χ2v) is 22.4. The molecule has 8 rings (SSSR count). The van der Waals surface area contributed by atoms with Crippen molar-refractivity contribution in [2.45, 2.75) is 23.6 Å². The number of nitro groups is 2. The van der Waals surface area contributed by atoms with Crippen LogP contribution in [0.5, 0.6) is 23.0 Å². The molecule has 0 bridgehead atoms. The van der Waals surface area contributed by atoms with E-state index in [1.807, 2.05) is 10.9 Å². The summed E-state index contributed by atoms with van der Waals surface area (Å²) in [5.74, 6) is -4.94. The maximum Gasteiger partial charge on any atom is 1.00 e. The van der Waals surface area contributed by atoms with Gasteiger partial charge in [0.1, 0.15) is 53.8 Å². The predicted octanol–water partition coefficient (Wildman–Crippen LogP) is 8.30. The van der Waals surface area contributed by atoms with Crippen LogP contribution in [0.2, 0.25) is 0 Å². The Bertz CT molecular complexity index is 4220. The van der Waals surface area contributed by atoms with Crippen molar-refractivity contribution < 1.29 is 116 Å². The van der Waals surface area contributed by atoms with E-state index in [-0.39, 0.29) is 81.0 Å². The number of benzene rings is 6. The summed E-state index contributed by atoms with van der Waals surface area (Å²) in [5, 5.41) is 85.7. The number of carbonyl (C=O) groups is 2. The van der Waals surface area contributed by atoms with Gasteiger partial charge in [0.15, 0.2) is 22.9 Å². The van der Waals surface area contributed by atoms with E-state index in [0.717, 1.165) is 23.3 Å². The molecule has 0 unspecified atom stereocenters. The van der Waals surface area contributed by atoms with Crippen LogP contribution in [0.1, 0.15) is 50.1 Å². The molecule has 0 heterocycles. The van der Waals surface area contributed by atoms with Gasteiger partial charge in [0.25, 0.3) is 51.8 Å². The molecule has 6 aromatic carbocycles. The number of Topliss-reactive ketones (excluding diaryl/α,β-unsaturated/α-hetero) is 2. The number of hydrogen-bond acceptors (Lipinski definition) is 26. The van der Waals surface area contributed by atoms with Crippen molar-refractivity contribution in [1.82, 2.24) is 0 Å². The Morgan fingerprint density at radius 2 is 0.831 bits per heavy atom. The number of allylic oxidation sites excluding steroid dienone is 2. The maximum atomic E-state index is 13.3. The van der Waals surface area contributed by atoms with Crippen LogP contribution in [0.15, 0.2) is 147 Å². The molecule has 0 amide bonds. The number of phenolic OH excluding ortho intramolecular Hbond substituents is 4. The average Bonchev–Trinajstić information content (AvgIpc) is 3.58. The summed E-state index contributed by atoms with van der Waals surface area (Å²) in [6, 6.07) is 18.9. The minimum atomic E-state index is -5.17. The molecule has 0 spiro atoms. The molecular weight excluding hydrogens is 1220 g/mol. The van der Waals surface area contributed by atoms with Crippen molar-refractivity contribution in [3.8, 4) is 23.0 Å². The number of azo groups is 2. The number of phenols is 4. The molecule has 0 atom stereocenters. The van der Waals surface area contributed by atoms with Crippen LogP contribution in [-0.2, 0) is 57.8 Å². The van der Waals surface area contributed by atoms with Crippen molar-refractivity contribution in [2.24, 2.45) is 30.7 Å². The third-order valence-electron chi connectivity index (χ3n) is 11.1. The van der Waals surface area contributed by atoms with E-state index >= 15 is 0 Å². The van der Waals surface area contributed by atoms with Gasteiger partial charge < -0.3 is 20.4 Å². The summed E-state index contributed by atoms with van der Waals surface area (Å²) >= 11 is 0. The number of nitro benzene ring substituents is 2. The molecule has 2 aliphatic rings. The van der Waals surface area contributed by atoms with Gasteiger partial charge in [-0.3, -0.25) is 58.9 Å². The number of hydrazone groups is 2. The summed E-state index contributed by atoms with van der Waals surface area (Å²) in [4.78, 5) is 42.4. The van der Waals surface area contributed by atoms with Gasteiger partial charge in [-0.1, -0.05) is 24.3 Å². The average molecular weight is 1260 g/mol. The zero-order chi connectivity index (χ0) is 60.6. The standard InChI is InChI=1S/2C23H17N5O11S2.Cr/c2*1-11-2-5-18(29)16(6-11)25-24-13-4-3-12-7-19(40(34,35)36)21(22(30)15(12)8-13)27-26-17-9-14(28(32)33)10-20(23(17)31)41(37,38)39;/h2*2-10,26,29,31H,1H3,(H,34,35,36)(H,37,38,39);/p+5/b25-24?,27-21+;;. The van der Waals surface area contributed by atoms with Crippen LogP contribution in [0.3, 0.4) is 0 Å². The third kappa shape index (κ3) is 14.3. The van der Waals surface area contributed by atoms with E-state index < -0.39 is 127 Å². The third-order valence-corrected chi connectivity index (χ3v) is 14.5. The molecule has 83 heavy (non-hydrogen) atoms. The molecule has 37 heteroatoms. The smallest absolute Gasteiger partial charge is 0.506 e. The van der Waals surface area contributed by atoms with Crippen LogP contribution < -0.4 is 10.9 Å². The normalized spacial score (nSPS) is 14.5. The van der Waals surface area contributed by atoms with E-state index in [9.17, 15) is 102 Å². The number of carbonyl (C=O) groups excluding carboxylic acids is 2. The minimum Gasteiger partial charge on any atom is -0.506 e. The van der Waals surface area contributed by atoms with Crippen molar-refractivity contribution in [2.75, 3.05) is 10.9 Å². The summed E-state index contributed by atoms with van der Waals surface area (Å²) in [6.45, 7) is 3.53.